The van der Waals surface area contributed by atoms with Gasteiger partial charge < -0.3 is 30.7 Å². The molecule has 0 aromatic heterocycles. The number of hydrogen-bond donors (Lipinski definition) is 4. The summed E-state index contributed by atoms with van der Waals surface area (Å²) in [7, 11) is 0. The number of non-ortho nitro benzene ring substituents is 1. The average molecular weight is 703 g/mol. The van der Waals surface area contributed by atoms with Gasteiger partial charge in [0, 0.05) is 29.1 Å². The summed E-state index contributed by atoms with van der Waals surface area (Å²) in [4.78, 5) is 70.5. The van der Waals surface area contributed by atoms with Crippen LogP contribution in [0.25, 0.3) is 0 Å². The number of benzene rings is 3. The van der Waals surface area contributed by atoms with E-state index in [-0.39, 0.29) is 30.5 Å². The molecule has 14 nitrogen and oxygen atoms in total. The van der Waals surface area contributed by atoms with Crippen LogP contribution in [0.4, 0.5) is 21.9 Å². The third-order valence-electron chi connectivity index (χ3n) is 5.56. The van der Waals surface area contributed by atoms with Crippen molar-refractivity contribution in [3.8, 4) is 5.75 Å². The topological polar surface area (TPSA) is 195 Å². The number of anilines is 2. The molecule has 3 aromatic carbocycles. The number of nitro groups is 1. The molecule has 0 aliphatic carbocycles. The molecule has 0 saturated heterocycles. The molecule has 4 amide bonds. The molecule has 0 fully saturated rings. The van der Waals surface area contributed by atoms with Gasteiger partial charge in [-0.1, -0.05) is 34.7 Å². The van der Waals surface area contributed by atoms with E-state index < -0.39 is 34.8 Å². The summed E-state index contributed by atoms with van der Waals surface area (Å²) < 4.78 is 10.3. The Kier molecular flexibility index (Phi) is 11.9. The number of rotatable bonds is 12. The number of halogens is 1. The molecule has 3 rings (SSSR count). The van der Waals surface area contributed by atoms with Crippen molar-refractivity contribution in [2.45, 2.75) is 19.6 Å². The van der Waals surface area contributed by atoms with Crippen molar-refractivity contribution >= 4 is 69.4 Å². The van der Waals surface area contributed by atoms with E-state index >= 15 is 0 Å². The summed E-state index contributed by atoms with van der Waals surface area (Å²) in [5.74, 6) is -1.66. The van der Waals surface area contributed by atoms with E-state index in [1.807, 2.05) is 22.6 Å². The Hall–Kier alpha value is -5.06. The van der Waals surface area contributed by atoms with Gasteiger partial charge in [-0.25, -0.2) is 4.79 Å². The quantitative estimate of drug-likeness (QED) is 0.0545. The molecule has 4 N–H and O–H groups in total. The van der Waals surface area contributed by atoms with Gasteiger partial charge in [-0.15, -0.1) is 0 Å². The third kappa shape index (κ3) is 10.7. The first-order valence-electron chi connectivity index (χ1n) is 12.6. The predicted molar refractivity (Wildman–Crippen MR) is 163 cm³/mol. The van der Waals surface area contributed by atoms with Crippen LogP contribution < -0.4 is 26.0 Å². The molecule has 224 valence electrons. The summed E-state index contributed by atoms with van der Waals surface area (Å²) >= 11 is 1.93. The average Bonchev–Trinajstić information content (AvgIpc) is 3.00. The molecule has 0 heterocycles. The van der Waals surface area contributed by atoms with Gasteiger partial charge in [0.1, 0.15) is 18.4 Å². The van der Waals surface area contributed by atoms with Crippen molar-refractivity contribution in [3.63, 3.8) is 0 Å². The minimum atomic E-state index is -0.998. The Labute approximate surface area is 258 Å². The smallest absolute Gasteiger partial charge is 0.429 e. The first-order chi connectivity index (χ1) is 20.5. The zero-order valence-corrected chi connectivity index (χ0v) is 24.8. The molecule has 0 bridgehead atoms. The number of carbonyl (C=O) groups excluding carboxylic acids is 5. The van der Waals surface area contributed by atoms with Crippen LogP contribution >= 0.6 is 22.6 Å². The van der Waals surface area contributed by atoms with E-state index in [0.29, 0.717) is 26.9 Å². The number of alkyl halides is 1. The lowest BCUT2D eigenvalue weighted by atomic mass is 10.2. The van der Waals surface area contributed by atoms with Crippen molar-refractivity contribution in [1.29, 1.82) is 0 Å². The fourth-order valence-electron chi connectivity index (χ4n) is 3.36. The zero-order valence-electron chi connectivity index (χ0n) is 22.6. The van der Waals surface area contributed by atoms with Gasteiger partial charge in [0.05, 0.1) is 15.9 Å². The van der Waals surface area contributed by atoms with Crippen molar-refractivity contribution in [2.75, 3.05) is 21.6 Å². The van der Waals surface area contributed by atoms with E-state index in [0.717, 1.165) is 0 Å². The highest BCUT2D eigenvalue weighted by atomic mass is 127. The van der Waals surface area contributed by atoms with Gasteiger partial charge in [-0.3, -0.25) is 29.3 Å². The van der Waals surface area contributed by atoms with Gasteiger partial charge in [0.15, 0.2) is 0 Å². The van der Waals surface area contributed by atoms with Crippen molar-refractivity contribution in [1.82, 2.24) is 10.6 Å². The Balaban J connectivity index is 1.38. The Morgan fingerprint density at radius 3 is 2.07 bits per heavy atom. The summed E-state index contributed by atoms with van der Waals surface area (Å²) in [5, 5.41) is 21.0. The minimum absolute atomic E-state index is 0.0851. The fourth-order valence-corrected chi connectivity index (χ4v) is 3.55. The second-order valence-electron chi connectivity index (χ2n) is 8.81. The standard InChI is InChI=1S/C28H26IN5O9/c1-17(31-25(36)15-30-27(38)19-4-8-20(9-5-19)32-24(35)14-29)26(37)33-21-6-2-18(3-7-21)16-42-28(39)43-23-12-10-22(11-13-23)34(40)41/h2-13,17H,14-16H2,1H3,(H,30,38)(H,31,36)(H,32,35)(H,33,37)/t17-/m0/s1. The zero-order chi connectivity index (χ0) is 31.4. The Morgan fingerprint density at radius 1 is 0.860 bits per heavy atom. The molecule has 0 unspecified atom stereocenters. The molecule has 0 aliphatic rings. The van der Waals surface area contributed by atoms with Crippen molar-refractivity contribution in [2.24, 2.45) is 0 Å². The fraction of sp³-hybridized carbons (Fsp3) is 0.179. The van der Waals surface area contributed by atoms with E-state index in [4.69, 9.17) is 9.47 Å². The maximum Gasteiger partial charge on any atom is 0.514 e. The molecule has 0 aliphatic heterocycles. The molecule has 15 heteroatoms. The second-order valence-corrected chi connectivity index (χ2v) is 9.57. The molecular formula is C28H26IN5O9. The lowest BCUT2D eigenvalue weighted by Gasteiger charge is -2.15. The van der Waals surface area contributed by atoms with Crippen LogP contribution in [-0.4, -0.2) is 51.7 Å². The second kappa shape index (κ2) is 15.8. The van der Waals surface area contributed by atoms with Crippen LogP contribution in [-0.2, 0) is 25.7 Å². The number of nitro benzene ring substituents is 1. The molecule has 0 radical (unpaired) electrons. The highest BCUT2D eigenvalue weighted by molar-refractivity contribution is 14.1. The van der Waals surface area contributed by atoms with Crippen LogP contribution in [0.1, 0.15) is 22.8 Å². The molecular weight excluding hydrogens is 677 g/mol. The summed E-state index contributed by atoms with van der Waals surface area (Å²) in [6.45, 7) is 0.999. The number of hydrogen-bond acceptors (Lipinski definition) is 9. The first kappa shape index (κ1) is 32.5. The van der Waals surface area contributed by atoms with E-state index in [1.54, 1.807) is 36.4 Å². The molecule has 0 saturated carbocycles. The minimum Gasteiger partial charge on any atom is -0.429 e. The maximum absolute atomic E-state index is 12.5. The Morgan fingerprint density at radius 2 is 1.47 bits per heavy atom. The van der Waals surface area contributed by atoms with Gasteiger partial charge in [0.25, 0.3) is 11.6 Å². The number of carbonyl (C=O) groups is 5. The Bertz CT molecular complexity index is 1480. The third-order valence-corrected chi connectivity index (χ3v) is 6.25. The van der Waals surface area contributed by atoms with Crippen LogP contribution in [0.2, 0.25) is 0 Å². The van der Waals surface area contributed by atoms with E-state index in [2.05, 4.69) is 21.3 Å². The monoisotopic (exact) mass is 703 g/mol. The van der Waals surface area contributed by atoms with Crippen molar-refractivity contribution < 1.29 is 38.4 Å². The number of nitrogens with one attached hydrogen (secondary N) is 4. The highest BCUT2D eigenvalue weighted by Crippen LogP contribution is 2.18. The normalized spacial score (nSPS) is 10.9. The van der Waals surface area contributed by atoms with Gasteiger partial charge in [-0.05, 0) is 61.0 Å². The maximum atomic E-state index is 12.5. The number of ether oxygens (including phenoxy) is 2. The van der Waals surface area contributed by atoms with Crippen LogP contribution in [0, 0.1) is 10.1 Å². The van der Waals surface area contributed by atoms with Crippen LogP contribution in [0.15, 0.2) is 72.8 Å². The molecule has 3 aromatic rings. The van der Waals surface area contributed by atoms with E-state index in [9.17, 15) is 34.1 Å². The van der Waals surface area contributed by atoms with Gasteiger partial charge >= 0.3 is 6.16 Å². The summed E-state index contributed by atoms with van der Waals surface area (Å²) in [6, 6.07) is 16.6. The van der Waals surface area contributed by atoms with Gasteiger partial charge in [0.2, 0.25) is 17.7 Å². The van der Waals surface area contributed by atoms with E-state index in [1.165, 1.54) is 43.3 Å². The largest absolute Gasteiger partial charge is 0.514 e. The molecule has 43 heavy (non-hydrogen) atoms. The highest BCUT2D eigenvalue weighted by Gasteiger charge is 2.17. The predicted octanol–water partition coefficient (Wildman–Crippen LogP) is 3.56. The number of nitrogens with zero attached hydrogens (tertiary/aromatic N) is 1. The van der Waals surface area contributed by atoms with Crippen LogP contribution in [0.5, 0.6) is 5.75 Å². The summed E-state index contributed by atoms with van der Waals surface area (Å²) in [5.41, 5.74) is 1.71. The SMILES string of the molecule is C[C@H](NC(=O)CNC(=O)c1ccc(NC(=O)CI)cc1)C(=O)Nc1ccc(COC(=O)Oc2ccc([N+](=O)[O-])cc2)cc1. The number of amides is 4. The van der Waals surface area contributed by atoms with Crippen molar-refractivity contribution in [3.05, 3.63) is 94.0 Å². The summed E-state index contributed by atoms with van der Waals surface area (Å²) in [6.07, 6.45) is -0.998. The lowest BCUT2D eigenvalue weighted by molar-refractivity contribution is -0.384. The van der Waals surface area contributed by atoms with Crippen LogP contribution in [0.3, 0.4) is 0 Å². The lowest BCUT2D eigenvalue weighted by Crippen LogP contribution is -2.45. The molecule has 1 atom stereocenters. The first-order valence-corrected chi connectivity index (χ1v) is 14.1. The molecule has 0 spiro atoms. The van der Waals surface area contributed by atoms with Gasteiger partial charge in [-0.2, -0.15) is 0 Å².